The molecule has 0 unspecified atom stereocenters. The molecule has 0 radical (unpaired) electrons. The standard InChI is InChI=1S/C20H21FN6O2/c1-27-20(24-25-26-27)29-17-8-6-16(7-9-17)23-19(28)14-5-10-18(22-12-14)13-3-2-4-15(21)11-13/h2-5,10-12,16-17H,6-9H2,1H3,(H,23,28)/t16-,17-. The van der Waals surface area contributed by atoms with Gasteiger partial charge in [0.05, 0.1) is 11.3 Å². The largest absolute Gasteiger partial charge is 0.459 e. The summed E-state index contributed by atoms with van der Waals surface area (Å²) < 4.78 is 20.7. The van der Waals surface area contributed by atoms with E-state index in [-0.39, 0.29) is 23.9 Å². The molecule has 29 heavy (non-hydrogen) atoms. The fourth-order valence-electron chi connectivity index (χ4n) is 3.41. The van der Waals surface area contributed by atoms with E-state index in [1.54, 1.807) is 31.3 Å². The van der Waals surface area contributed by atoms with Crippen LogP contribution in [0.25, 0.3) is 11.3 Å². The second-order valence-electron chi connectivity index (χ2n) is 7.09. The van der Waals surface area contributed by atoms with Crippen LogP contribution < -0.4 is 10.1 Å². The molecular weight excluding hydrogens is 375 g/mol. The van der Waals surface area contributed by atoms with Crippen molar-refractivity contribution >= 4 is 5.91 Å². The lowest BCUT2D eigenvalue weighted by atomic mass is 9.93. The number of tetrazole rings is 1. The van der Waals surface area contributed by atoms with Crippen molar-refractivity contribution in [1.29, 1.82) is 0 Å². The number of carbonyl (C=O) groups excluding carboxylic acids is 1. The average molecular weight is 396 g/mol. The maximum Gasteiger partial charge on any atom is 0.335 e. The van der Waals surface area contributed by atoms with Crippen LogP contribution in [0.3, 0.4) is 0 Å². The summed E-state index contributed by atoms with van der Waals surface area (Å²) in [5, 5.41) is 14.2. The molecular formula is C20H21FN6O2. The van der Waals surface area contributed by atoms with Gasteiger partial charge in [-0.1, -0.05) is 17.2 Å². The van der Waals surface area contributed by atoms with Gasteiger partial charge in [-0.25, -0.2) is 4.39 Å². The van der Waals surface area contributed by atoms with Crippen molar-refractivity contribution in [3.8, 4) is 17.3 Å². The molecule has 0 atom stereocenters. The van der Waals surface area contributed by atoms with Gasteiger partial charge in [-0.05, 0) is 60.4 Å². The molecule has 1 fully saturated rings. The Kier molecular flexibility index (Phi) is 5.46. The Balaban J connectivity index is 1.30. The minimum atomic E-state index is -0.318. The molecule has 3 aromatic rings. The van der Waals surface area contributed by atoms with Crippen molar-refractivity contribution in [2.45, 2.75) is 37.8 Å². The third-order valence-electron chi connectivity index (χ3n) is 5.01. The summed E-state index contributed by atoms with van der Waals surface area (Å²) in [4.78, 5) is 16.8. The van der Waals surface area contributed by atoms with Gasteiger partial charge >= 0.3 is 6.01 Å². The maximum absolute atomic E-state index is 13.4. The third-order valence-corrected chi connectivity index (χ3v) is 5.01. The zero-order chi connectivity index (χ0) is 20.2. The van der Waals surface area contributed by atoms with E-state index in [4.69, 9.17) is 4.74 Å². The molecule has 150 valence electrons. The first kappa shape index (κ1) is 19.0. The lowest BCUT2D eigenvalue weighted by Gasteiger charge is -2.28. The van der Waals surface area contributed by atoms with Crippen molar-refractivity contribution in [2.24, 2.45) is 7.05 Å². The molecule has 0 aliphatic heterocycles. The predicted molar refractivity (Wildman–Crippen MR) is 103 cm³/mol. The highest BCUT2D eigenvalue weighted by molar-refractivity contribution is 5.94. The first-order valence-electron chi connectivity index (χ1n) is 9.50. The summed E-state index contributed by atoms with van der Waals surface area (Å²) in [7, 11) is 1.73. The van der Waals surface area contributed by atoms with Gasteiger partial charge in [-0.2, -0.15) is 4.68 Å². The van der Waals surface area contributed by atoms with Crippen LogP contribution in [0.15, 0.2) is 42.6 Å². The van der Waals surface area contributed by atoms with Gasteiger partial charge in [-0.15, -0.1) is 0 Å². The van der Waals surface area contributed by atoms with E-state index in [0.717, 1.165) is 25.7 Å². The van der Waals surface area contributed by atoms with Crippen LogP contribution in [-0.2, 0) is 7.05 Å². The lowest BCUT2D eigenvalue weighted by Crippen LogP contribution is -2.39. The van der Waals surface area contributed by atoms with Crippen molar-refractivity contribution in [3.05, 3.63) is 54.0 Å². The summed E-state index contributed by atoms with van der Waals surface area (Å²) in [6, 6.07) is 10.1. The molecule has 0 bridgehead atoms. The van der Waals surface area contributed by atoms with E-state index in [2.05, 4.69) is 25.8 Å². The lowest BCUT2D eigenvalue weighted by molar-refractivity contribution is 0.0880. The van der Waals surface area contributed by atoms with Crippen molar-refractivity contribution in [1.82, 2.24) is 30.5 Å². The van der Waals surface area contributed by atoms with Crippen molar-refractivity contribution < 1.29 is 13.9 Å². The summed E-state index contributed by atoms with van der Waals surface area (Å²) in [5.74, 6) is -0.480. The summed E-state index contributed by atoms with van der Waals surface area (Å²) in [6.45, 7) is 0. The van der Waals surface area contributed by atoms with Gasteiger partial charge in [-0.3, -0.25) is 9.78 Å². The minimum absolute atomic E-state index is 0.0417. The smallest absolute Gasteiger partial charge is 0.335 e. The molecule has 1 aliphatic rings. The van der Waals surface area contributed by atoms with Gasteiger partial charge in [0, 0.05) is 24.8 Å². The number of pyridine rings is 1. The van der Waals surface area contributed by atoms with E-state index in [9.17, 15) is 9.18 Å². The number of rotatable bonds is 5. The van der Waals surface area contributed by atoms with Crippen LogP contribution in [0.4, 0.5) is 4.39 Å². The number of halogens is 1. The number of benzene rings is 1. The zero-order valence-corrected chi connectivity index (χ0v) is 16.0. The number of hydrogen-bond donors (Lipinski definition) is 1. The number of aryl methyl sites for hydroxylation is 1. The average Bonchev–Trinajstić information content (AvgIpc) is 3.14. The zero-order valence-electron chi connectivity index (χ0n) is 16.0. The van der Waals surface area contributed by atoms with E-state index in [1.165, 1.54) is 23.0 Å². The molecule has 9 heteroatoms. The Labute approximate surface area is 167 Å². The van der Waals surface area contributed by atoms with Crippen LogP contribution in [0.1, 0.15) is 36.0 Å². The molecule has 1 amide bonds. The number of ether oxygens (including phenoxy) is 1. The van der Waals surface area contributed by atoms with Crippen LogP contribution in [0.2, 0.25) is 0 Å². The van der Waals surface area contributed by atoms with Gasteiger partial charge < -0.3 is 10.1 Å². The Morgan fingerprint density at radius 1 is 1.21 bits per heavy atom. The number of aromatic nitrogens is 5. The fourth-order valence-corrected chi connectivity index (χ4v) is 3.41. The highest BCUT2D eigenvalue weighted by Crippen LogP contribution is 2.23. The number of nitrogens with one attached hydrogen (secondary N) is 1. The first-order chi connectivity index (χ1) is 14.1. The molecule has 1 N–H and O–H groups in total. The highest BCUT2D eigenvalue weighted by atomic mass is 19.1. The molecule has 4 rings (SSSR count). The third kappa shape index (κ3) is 4.56. The quantitative estimate of drug-likeness (QED) is 0.712. The van der Waals surface area contributed by atoms with Gasteiger partial charge in [0.25, 0.3) is 5.91 Å². The van der Waals surface area contributed by atoms with Crippen molar-refractivity contribution in [2.75, 3.05) is 0 Å². The predicted octanol–water partition coefficient (Wildman–Crippen LogP) is 2.53. The maximum atomic E-state index is 13.4. The summed E-state index contributed by atoms with van der Waals surface area (Å²) >= 11 is 0. The van der Waals surface area contributed by atoms with Gasteiger partial charge in [0.15, 0.2) is 0 Å². The normalized spacial score (nSPS) is 19.0. The van der Waals surface area contributed by atoms with Crippen molar-refractivity contribution in [3.63, 3.8) is 0 Å². The Morgan fingerprint density at radius 2 is 2.03 bits per heavy atom. The number of hydrogen-bond acceptors (Lipinski definition) is 6. The van der Waals surface area contributed by atoms with Crippen LogP contribution >= 0.6 is 0 Å². The second kappa shape index (κ2) is 8.34. The molecule has 1 aliphatic carbocycles. The fraction of sp³-hybridized carbons (Fsp3) is 0.350. The highest BCUT2D eigenvalue weighted by Gasteiger charge is 2.25. The SMILES string of the molecule is Cn1nnnc1O[C@H]1CC[C@H](NC(=O)c2ccc(-c3cccc(F)c3)nc2)CC1. The first-order valence-corrected chi connectivity index (χ1v) is 9.50. The molecule has 0 saturated heterocycles. The Morgan fingerprint density at radius 3 is 2.69 bits per heavy atom. The topological polar surface area (TPSA) is 94.8 Å². The molecule has 1 saturated carbocycles. The minimum Gasteiger partial charge on any atom is -0.459 e. The second-order valence-corrected chi connectivity index (χ2v) is 7.09. The van der Waals surface area contributed by atoms with Crippen LogP contribution in [0.5, 0.6) is 6.01 Å². The molecule has 2 aromatic heterocycles. The molecule has 2 heterocycles. The number of carbonyl (C=O) groups is 1. The number of amides is 1. The summed E-state index contributed by atoms with van der Waals surface area (Å²) in [5.41, 5.74) is 1.78. The van der Waals surface area contributed by atoms with E-state index in [0.29, 0.717) is 22.8 Å². The van der Waals surface area contributed by atoms with E-state index >= 15 is 0 Å². The van der Waals surface area contributed by atoms with Gasteiger partial charge in [0.1, 0.15) is 11.9 Å². The monoisotopic (exact) mass is 396 g/mol. The molecule has 1 aromatic carbocycles. The van der Waals surface area contributed by atoms with Crippen LogP contribution in [-0.4, -0.2) is 43.2 Å². The van der Waals surface area contributed by atoms with Crippen LogP contribution in [0, 0.1) is 5.82 Å². The molecule has 0 spiro atoms. The van der Waals surface area contributed by atoms with Gasteiger partial charge in [0.2, 0.25) is 0 Å². The Hall–Kier alpha value is -3.36. The molecule has 8 nitrogen and oxygen atoms in total. The number of nitrogens with zero attached hydrogens (tertiary/aromatic N) is 5. The summed E-state index contributed by atoms with van der Waals surface area (Å²) in [6.07, 6.45) is 4.82. The van der Waals surface area contributed by atoms with E-state index in [1.807, 2.05) is 0 Å². The Bertz CT molecular complexity index is 983. The van der Waals surface area contributed by atoms with E-state index < -0.39 is 0 Å².